The van der Waals surface area contributed by atoms with Gasteiger partial charge in [-0.25, -0.2) is 0 Å². The molecular weight excluding hydrogens is 450 g/mol. The van der Waals surface area contributed by atoms with Crippen molar-refractivity contribution in [2.45, 2.75) is 89.3 Å². The first-order valence-electron chi connectivity index (χ1n) is 14.0. The molecule has 0 spiro atoms. The molecule has 0 bridgehead atoms. The van der Waals surface area contributed by atoms with E-state index >= 15 is 0 Å². The predicted octanol–water partition coefficient (Wildman–Crippen LogP) is 5.82. The maximum absolute atomic E-state index is 12.9. The van der Waals surface area contributed by atoms with Gasteiger partial charge < -0.3 is 19.5 Å². The molecule has 198 valence electrons. The van der Waals surface area contributed by atoms with E-state index in [9.17, 15) is 4.79 Å². The number of hydrogen-bond acceptors (Lipinski definition) is 5. The molecule has 2 saturated heterocycles. The molecule has 2 heterocycles. The van der Waals surface area contributed by atoms with Crippen molar-refractivity contribution < 1.29 is 19.0 Å². The Kier molecular flexibility index (Phi) is 7.01. The van der Waals surface area contributed by atoms with Crippen LogP contribution in [0.15, 0.2) is 36.4 Å². The summed E-state index contributed by atoms with van der Waals surface area (Å²) in [6.45, 7) is 13.6. The van der Waals surface area contributed by atoms with E-state index in [2.05, 4.69) is 56.9 Å². The molecule has 4 fully saturated rings. The van der Waals surface area contributed by atoms with Gasteiger partial charge in [-0.15, -0.1) is 0 Å². The highest BCUT2D eigenvalue weighted by Crippen LogP contribution is 2.56. The van der Waals surface area contributed by atoms with Crippen LogP contribution in [0.4, 0.5) is 0 Å². The average molecular weight is 496 g/mol. The second-order valence-electron chi connectivity index (χ2n) is 12.9. The van der Waals surface area contributed by atoms with Gasteiger partial charge in [-0.2, -0.15) is 0 Å². The Hall–Kier alpha value is -1.85. The van der Waals surface area contributed by atoms with Gasteiger partial charge in [0.1, 0.15) is 11.9 Å². The predicted molar refractivity (Wildman–Crippen MR) is 142 cm³/mol. The lowest BCUT2D eigenvalue weighted by Crippen LogP contribution is -2.46. The topological polar surface area (TPSA) is 56.8 Å². The summed E-state index contributed by atoms with van der Waals surface area (Å²) < 4.78 is 17.5. The van der Waals surface area contributed by atoms with Crippen molar-refractivity contribution in [3.63, 3.8) is 0 Å². The molecule has 2 aliphatic carbocycles. The number of carbonyl (C=O) groups excluding carboxylic acids is 1. The van der Waals surface area contributed by atoms with E-state index in [1.807, 2.05) is 0 Å². The van der Waals surface area contributed by atoms with Gasteiger partial charge in [-0.3, -0.25) is 4.79 Å². The van der Waals surface area contributed by atoms with Gasteiger partial charge in [0.2, 0.25) is 0 Å². The lowest BCUT2D eigenvalue weighted by molar-refractivity contribution is -0.146. The number of esters is 1. The molecule has 0 amide bonds. The van der Waals surface area contributed by atoms with Crippen molar-refractivity contribution in [3.8, 4) is 5.75 Å². The summed E-state index contributed by atoms with van der Waals surface area (Å²) in [6.07, 6.45) is 8.73. The molecule has 6 atom stereocenters. The van der Waals surface area contributed by atoms with Gasteiger partial charge in [0.15, 0.2) is 0 Å². The summed E-state index contributed by atoms with van der Waals surface area (Å²) in [5.74, 6) is 1.69. The maximum Gasteiger partial charge on any atom is 0.310 e. The Morgan fingerprint density at radius 2 is 1.94 bits per heavy atom. The van der Waals surface area contributed by atoms with Gasteiger partial charge in [-0.05, 0) is 101 Å². The van der Waals surface area contributed by atoms with E-state index in [0.717, 1.165) is 57.4 Å². The Bertz CT molecular complexity index is 971. The second-order valence-corrected chi connectivity index (χ2v) is 12.9. The van der Waals surface area contributed by atoms with Crippen molar-refractivity contribution in [3.05, 3.63) is 42.0 Å². The zero-order valence-corrected chi connectivity index (χ0v) is 22.7. The largest absolute Gasteiger partial charge is 0.497 e. The highest BCUT2D eigenvalue weighted by atomic mass is 16.6. The Morgan fingerprint density at radius 3 is 2.67 bits per heavy atom. The lowest BCUT2D eigenvalue weighted by Gasteiger charge is -2.50. The summed E-state index contributed by atoms with van der Waals surface area (Å²) in [5.41, 5.74) is 2.89. The van der Waals surface area contributed by atoms with E-state index < -0.39 is 0 Å². The molecule has 0 radical (unpaired) electrons. The van der Waals surface area contributed by atoms with Gasteiger partial charge in [0.05, 0.1) is 18.6 Å². The van der Waals surface area contributed by atoms with Gasteiger partial charge in [0, 0.05) is 24.5 Å². The van der Waals surface area contributed by atoms with E-state index in [4.69, 9.17) is 14.2 Å². The summed E-state index contributed by atoms with van der Waals surface area (Å²) in [4.78, 5) is 12.9. The first kappa shape index (κ1) is 25.8. The van der Waals surface area contributed by atoms with Gasteiger partial charge >= 0.3 is 5.97 Å². The monoisotopic (exact) mass is 495 g/mol. The summed E-state index contributed by atoms with van der Waals surface area (Å²) >= 11 is 0. The molecular formula is C31H45NO4. The van der Waals surface area contributed by atoms with Crippen molar-refractivity contribution in [1.29, 1.82) is 0 Å². The number of benzene rings is 1. The average Bonchev–Trinajstić information content (AvgIpc) is 3.13. The van der Waals surface area contributed by atoms with E-state index in [1.165, 1.54) is 24.0 Å². The minimum absolute atomic E-state index is 0.00225. The molecule has 0 unspecified atom stereocenters. The van der Waals surface area contributed by atoms with Crippen LogP contribution >= 0.6 is 0 Å². The van der Waals surface area contributed by atoms with Crippen LogP contribution in [0.2, 0.25) is 0 Å². The van der Waals surface area contributed by atoms with Crippen LogP contribution in [-0.4, -0.2) is 44.5 Å². The number of ether oxygens (including phenoxy) is 3. The maximum atomic E-state index is 12.9. The molecule has 4 aliphatic rings. The first-order valence-corrected chi connectivity index (χ1v) is 14.0. The number of methoxy groups -OCH3 is 1. The minimum Gasteiger partial charge on any atom is -0.497 e. The smallest absolute Gasteiger partial charge is 0.310 e. The Morgan fingerprint density at radius 1 is 1.17 bits per heavy atom. The summed E-state index contributed by atoms with van der Waals surface area (Å²) in [6, 6.07) is 8.57. The second kappa shape index (κ2) is 9.79. The fourth-order valence-electron chi connectivity index (χ4n) is 8.10. The van der Waals surface area contributed by atoms with E-state index in [1.54, 1.807) is 7.11 Å². The molecule has 2 saturated carbocycles. The quantitative estimate of drug-likeness (QED) is 0.294. The molecule has 0 aromatic heterocycles. The van der Waals surface area contributed by atoms with Crippen LogP contribution < -0.4 is 10.1 Å². The van der Waals surface area contributed by atoms with Crippen LogP contribution in [0.5, 0.6) is 5.75 Å². The molecule has 5 nitrogen and oxygen atoms in total. The number of rotatable bonds is 7. The fraction of sp³-hybridized carbons (Fsp3) is 0.710. The fourth-order valence-corrected chi connectivity index (χ4v) is 8.10. The molecule has 1 N–H and O–H groups in total. The number of hydrogen-bond donors (Lipinski definition) is 1. The van der Waals surface area contributed by atoms with Crippen LogP contribution in [0.25, 0.3) is 0 Å². The third-order valence-corrected chi connectivity index (χ3v) is 10.0. The SMILES string of the molecule is C=C1CCC[C@]2(C)C[C@H]3OC(=O)[C@H](CNCC[C@]4(c5ccc(OC)cc5)CCOC(C)(C)C4)[C@H]3C[C@H]12. The lowest BCUT2D eigenvalue weighted by atomic mass is 9.55. The summed E-state index contributed by atoms with van der Waals surface area (Å²) in [7, 11) is 1.71. The van der Waals surface area contributed by atoms with Crippen molar-refractivity contribution in [2.24, 2.45) is 23.2 Å². The van der Waals surface area contributed by atoms with E-state index in [0.29, 0.717) is 18.4 Å². The number of carbonyl (C=O) groups is 1. The van der Waals surface area contributed by atoms with Crippen LogP contribution in [0.1, 0.15) is 77.7 Å². The number of fused-ring (bicyclic) bond motifs is 2. The third kappa shape index (κ3) is 4.86. The molecule has 5 heteroatoms. The Labute approximate surface area is 217 Å². The van der Waals surface area contributed by atoms with Crippen LogP contribution in [0.3, 0.4) is 0 Å². The molecule has 1 aromatic carbocycles. The van der Waals surface area contributed by atoms with Gasteiger partial charge in [0.25, 0.3) is 0 Å². The van der Waals surface area contributed by atoms with Crippen molar-refractivity contribution in [1.82, 2.24) is 5.32 Å². The zero-order chi connectivity index (χ0) is 25.6. The highest BCUT2D eigenvalue weighted by Gasteiger charge is 2.55. The van der Waals surface area contributed by atoms with Crippen molar-refractivity contribution in [2.75, 3.05) is 26.8 Å². The number of nitrogens with one attached hydrogen (secondary N) is 1. The molecule has 36 heavy (non-hydrogen) atoms. The highest BCUT2D eigenvalue weighted by molar-refractivity contribution is 5.75. The molecule has 1 aromatic rings. The van der Waals surface area contributed by atoms with Crippen molar-refractivity contribution >= 4 is 5.97 Å². The van der Waals surface area contributed by atoms with Gasteiger partial charge in [-0.1, -0.05) is 31.2 Å². The summed E-state index contributed by atoms with van der Waals surface area (Å²) in [5, 5.41) is 3.69. The minimum atomic E-state index is -0.155. The molecule has 5 rings (SSSR count). The molecule has 2 aliphatic heterocycles. The normalized spacial score (nSPS) is 37.7. The zero-order valence-electron chi connectivity index (χ0n) is 22.7. The van der Waals surface area contributed by atoms with E-state index in [-0.39, 0.29) is 34.4 Å². The third-order valence-electron chi connectivity index (χ3n) is 10.0. The Balaban J connectivity index is 1.24. The van der Waals surface area contributed by atoms with Crippen LogP contribution in [-0.2, 0) is 19.7 Å². The number of allylic oxidation sites excluding steroid dienone is 1. The standard InChI is InChI=1S/C31H45NO4/c1-21-7-6-12-30(4)18-27-24(17-26(21)30)25(28(33)36-27)19-32-15-13-31(14-16-35-29(2,3)20-31)22-8-10-23(34-5)11-9-22/h8-11,24-27,32H,1,6-7,12-20H2,2-5H3/t24-,25-,26-,27-,30-,31+/m1/s1. The van der Waals surface area contributed by atoms with Crippen LogP contribution in [0, 0.1) is 23.2 Å². The first-order chi connectivity index (χ1) is 17.1.